The molecule has 1 N–H and O–H groups in total. The van der Waals surface area contributed by atoms with E-state index in [1.807, 2.05) is 0 Å². The van der Waals surface area contributed by atoms with E-state index in [0.29, 0.717) is 11.3 Å². The van der Waals surface area contributed by atoms with Crippen molar-refractivity contribution in [3.8, 4) is 11.3 Å². The molecule has 0 unspecified atom stereocenters. The van der Waals surface area contributed by atoms with Gasteiger partial charge in [0.15, 0.2) is 0 Å². The van der Waals surface area contributed by atoms with Gasteiger partial charge in [-0.15, -0.1) is 0 Å². The SMILES string of the molecule is CC(=O)Cn1c(-c2cccc([N+](=O)[O-])c2)c(C(=O)O)sc1=O. The topological polar surface area (TPSA) is 120 Å². The maximum Gasteiger partial charge on any atom is 0.348 e. The number of aromatic nitrogens is 1. The summed E-state index contributed by atoms with van der Waals surface area (Å²) in [6.45, 7) is 0.975. The van der Waals surface area contributed by atoms with Gasteiger partial charge in [0.2, 0.25) is 0 Å². The number of rotatable bonds is 5. The minimum Gasteiger partial charge on any atom is -0.477 e. The standard InChI is InChI=1S/C13H10N2O6S/c1-7(16)6-14-10(11(12(17)18)22-13(14)19)8-3-2-4-9(5-8)15(20)21/h2-5H,6H2,1H3,(H,17,18). The van der Waals surface area contributed by atoms with Gasteiger partial charge in [-0.1, -0.05) is 23.5 Å². The van der Waals surface area contributed by atoms with E-state index < -0.39 is 15.8 Å². The van der Waals surface area contributed by atoms with Crippen molar-refractivity contribution in [3.05, 3.63) is 48.9 Å². The molecular formula is C13H10N2O6S. The lowest BCUT2D eigenvalue weighted by atomic mass is 10.1. The van der Waals surface area contributed by atoms with E-state index in [-0.39, 0.29) is 34.1 Å². The summed E-state index contributed by atoms with van der Waals surface area (Å²) in [6, 6.07) is 5.27. The fraction of sp³-hybridized carbons (Fsp3) is 0.154. The lowest BCUT2D eigenvalue weighted by Crippen LogP contribution is -2.18. The first-order valence-corrected chi connectivity index (χ1v) is 6.84. The second kappa shape index (κ2) is 5.90. The van der Waals surface area contributed by atoms with Gasteiger partial charge in [0.1, 0.15) is 10.7 Å². The van der Waals surface area contributed by atoms with Gasteiger partial charge >= 0.3 is 10.8 Å². The Balaban J connectivity index is 2.74. The number of hydrogen-bond acceptors (Lipinski definition) is 6. The lowest BCUT2D eigenvalue weighted by Gasteiger charge is -2.07. The average molecular weight is 322 g/mol. The normalized spacial score (nSPS) is 10.4. The Morgan fingerprint density at radius 1 is 1.41 bits per heavy atom. The third-order valence-electron chi connectivity index (χ3n) is 2.80. The molecule has 8 nitrogen and oxygen atoms in total. The highest BCUT2D eigenvalue weighted by Crippen LogP contribution is 2.28. The molecule has 2 aromatic rings. The van der Waals surface area contributed by atoms with E-state index >= 15 is 0 Å². The van der Waals surface area contributed by atoms with E-state index in [2.05, 4.69) is 0 Å². The highest BCUT2D eigenvalue weighted by atomic mass is 32.1. The molecule has 0 bridgehead atoms. The molecule has 0 atom stereocenters. The molecule has 0 aliphatic carbocycles. The highest BCUT2D eigenvalue weighted by Gasteiger charge is 2.23. The highest BCUT2D eigenvalue weighted by molar-refractivity contribution is 7.11. The van der Waals surface area contributed by atoms with Gasteiger partial charge in [0.25, 0.3) is 5.69 Å². The van der Waals surface area contributed by atoms with Crippen LogP contribution in [0.1, 0.15) is 16.6 Å². The van der Waals surface area contributed by atoms with Crippen LogP contribution < -0.4 is 4.87 Å². The Morgan fingerprint density at radius 3 is 2.64 bits per heavy atom. The molecule has 1 aromatic carbocycles. The van der Waals surface area contributed by atoms with Crippen molar-refractivity contribution < 1.29 is 19.6 Å². The number of carboxylic acids is 1. The van der Waals surface area contributed by atoms with Crippen molar-refractivity contribution >= 4 is 28.8 Å². The Hall–Kier alpha value is -2.81. The van der Waals surface area contributed by atoms with Crippen LogP contribution in [-0.4, -0.2) is 26.3 Å². The summed E-state index contributed by atoms with van der Waals surface area (Å²) < 4.78 is 1.02. The molecule has 0 spiro atoms. The molecule has 0 saturated carbocycles. The number of carbonyl (C=O) groups excluding carboxylic acids is 1. The molecule has 22 heavy (non-hydrogen) atoms. The van der Waals surface area contributed by atoms with E-state index in [4.69, 9.17) is 0 Å². The predicted molar refractivity (Wildman–Crippen MR) is 78.3 cm³/mol. The fourth-order valence-electron chi connectivity index (χ4n) is 1.97. The Kier molecular flexibility index (Phi) is 4.18. The van der Waals surface area contributed by atoms with Gasteiger partial charge in [0, 0.05) is 17.7 Å². The van der Waals surface area contributed by atoms with E-state index in [9.17, 15) is 29.6 Å². The van der Waals surface area contributed by atoms with Crippen molar-refractivity contribution in [1.82, 2.24) is 4.57 Å². The van der Waals surface area contributed by atoms with Crippen LogP contribution in [0.2, 0.25) is 0 Å². The largest absolute Gasteiger partial charge is 0.477 e. The Morgan fingerprint density at radius 2 is 2.09 bits per heavy atom. The van der Waals surface area contributed by atoms with E-state index in [1.54, 1.807) is 0 Å². The summed E-state index contributed by atoms with van der Waals surface area (Å²) >= 11 is 0.486. The molecule has 114 valence electrons. The molecule has 0 radical (unpaired) electrons. The maximum atomic E-state index is 11.9. The molecule has 0 fully saturated rings. The summed E-state index contributed by atoms with van der Waals surface area (Å²) in [4.78, 5) is 43.9. The van der Waals surface area contributed by atoms with Crippen LogP contribution in [0.3, 0.4) is 0 Å². The van der Waals surface area contributed by atoms with Crippen LogP contribution >= 0.6 is 11.3 Å². The zero-order chi connectivity index (χ0) is 16.4. The van der Waals surface area contributed by atoms with Crippen LogP contribution in [0.5, 0.6) is 0 Å². The number of aromatic carboxylic acids is 1. The molecule has 2 rings (SSSR count). The van der Waals surface area contributed by atoms with Gasteiger partial charge < -0.3 is 5.11 Å². The first kappa shape index (κ1) is 15.6. The van der Waals surface area contributed by atoms with Crippen molar-refractivity contribution in [2.24, 2.45) is 0 Å². The van der Waals surface area contributed by atoms with Crippen molar-refractivity contribution in [3.63, 3.8) is 0 Å². The summed E-state index contributed by atoms with van der Waals surface area (Å²) in [5.41, 5.74) is -0.0329. The number of hydrogen-bond donors (Lipinski definition) is 1. The second-order valence-electron chi connectivity index (χ2n) is 4.45. The molecule has 1 heterocycles. The first-order valence-electron chi connectivity index (χ1n) is 6.02. The number of carbonyl (C=O) groups is 2. The average Bonchev–Trinajstić information content (AvgIpc) is 2.76. The fourth-order valence-corrected chi connectivity index (χ4v) is 2.82. The monoisotopic (exact) mass is 322 g/mol. The van der Waals surface area contributed by atoms with Gasteiger partial charge in [-0.3, -0.25) is 24.3 Å². The number of nitro groups is 1. The van der Waals surface area contributed by atoms with E-state index in [0.717, 1.165) is 4.57 Å². The number of nitrogens with zero attached hydrogens (tertiary/aromatic N) is 2. The zero-order valence-electron chi connectivity index (χ0n) is 11.3. The van der Waals surface area contributed by atoms with Gasteiger partial charge in [-0.05, 0) is 6.92 Å². The number of non-ortho nitro benzene ring substituents is 1. The summed E-state index contributed by atoms with van der Waals surface area (Å²) in [5.74, 6) is -1.66. The van der Waals surface area contributed by atoms with Crippen molar-refractivity contribution in [2.75, 3.05) is 0 Å². The smallest absolute Gasteiger partial charge is 0.348 e. The molecule has 1 aromatic heterocycles. The number of thiazole rings is 1. The molecular weight excluding hydrogens is 312 g/mol. The van der Waals surface area contributed by atoms with Crippen molar-refractivity contribution in [2.45, 2.75) is 13.5 Å². The molecule has 0 saturated heterocycles. The van der Waals surface area contributed by atoms with Crippen LogP contribution in [0.4, 0.5) is 5.69 Å². The number of Topliss-reactive ketones (excluding diaryl/α,β-unsaturated/α-hetero) is 1. The minimum absolute atomic E-state index is 0.00130. The maximum absolute atomic E-state index is 11.9. The minimum atomic E-state index is -1.33. The number of carboxylic acid groups (broad SMARTS) is 1. The first-order chi connectivity index (χ1) is 10.3. The predicted octanol–water partition coefficient (Wildman–Crippen LogP) is 1.77. The molecule has 9 heteroatoms. The summed E-state index contributed by atoms with van der Waals surface area (Å²) in [6.07, 6.45) is 0. The Labute approximate surface area is 127 Å². The summed E-state index contributed by atoms with van der Waals surface area (Å²) in [5, 5.41) is 20.1. The van der Waals surface area contributed by atoms with E-state index in [1.165, 1.54) is 31.2 Å². The third kappa shape index (κ3) is 2.93. The van der Waals surface area contributed by atoms with Crippen LogP contribution in [0.15, 0.2) is 29.1 Å². The van der Waals surface area contributed by atoms with Gasteiger partial charge in [-0.2, -0.15) is 0 Å². The quantitative estimate of drug-likeness (QED) is 0.661. The molecule has 0 aliphatic heterocycles. The number of ketones is 1. The van der Waals surface area contributed by atoms with Crippen LogP contribution in [-0.2, 0) is 11.3 Å². The number of nitro benzene ring substituents is 1. The van der Waals surface area contributed by atoms with Gasteiger partial charge in [0.05, 0.1) is 17.2 Å². The van der Waals surface area contributed by atoms with Crippen molar-refractivity contribution in [1.29, 1.82) is 0 Å². The second-order valence-corrected chi connectivity index (χ2v) is 5.41. The third-order valence-corrected chi connectivity index (χ3v) is 3.77. The van der Waals surface area contributed by atoms with Crippen LogP contribution in [0.25, 0.3) is 11.3 Å². The summed E-state index contributed by atoms with van der Waals surface area (Å²) in [7, 11) is 0. The molecule has 0 amide bonds. The molecule has 0 aliphatic rings. The van der Waals surface area contributed by atoms with Crippen LogP contribution in [0, 0.1) is 10.1 Å². The number of benzene rings is 1. The Bertz CT molecular complexity index is 835. The zero-order valence-corrected chi connectivity index (χ0v) is 12.1. The lowest BCUT2D eigenvalue weighted by molar-refractivity contribution is -0.384. The van der Waals surface area contributed by atoms with Gasteiger partial charge in [-0.25, -0.2) is 4.79 Å².